The molecule has 0 radical (unpaired) electrons. The van der Waals surface area contributed by atoms with E-state index in [0.717, 1.165) is 24.6 Å². The lowest BCUT2D eigenvalue weighted by Crippen LogP contribution is -2.18. The molecule has 1 N–H and O–H groups in total. The second-order valence-corrected chi connectivity index (χ2v) is 5.23. The Morgan fingerprint density at radius 2 is 2.16 bits per heavy atom. The highest BCUT2D eigenvalue weighted by Crippen LogP contribution is 2.21. The average Bonchev–Trinajstić information content (AvgIpc) is 2.93. The predicted octanol–water partition coefficient (Wildman–Crippen LogP) is 3.96. The van der Waals surface area contributed by atoms with Crippen LogP contribution in [0.15, 0.2) is 28.9 Å². The van der Waals surface area contributed by atoms with Crippen LogP contribution in [0.5, 0.6) is 0 Å². The van der Waals surface area contributed by atoms with Crippen LogP contribution in [0, 0.1) is 13.8 Å². The molecule has 0 aliphatic carbocycles. The van der Waals surface area contributed by atoms with Crippen molar-refractivity contribution >= 4 is 0 Å². The number of nitrogens with one attached hydrogen (secondary N) is 1. The van der Waals surface area contributed by atoms with E-state index in [-0.39, 0.29) is 0 Å². The maximum absolute atomic E-state index is 5.58. The quantitative estimate of drug-likeness (QED) is 0.852. The Balaban J connectivity index is 1.92. The molecule has 104 valence electrons. The minimum atomic E-state index is 0.312. The van der Waals surface area contributed by atoms with Crippen molar-refractivity contribution in [3.8, 4) is 0 Å². The minimum absolute atomic E-state index is 0.312. The van der Waals surface area contributed by atoms with Gasteiger partial charge in [0, 0.05) is 37.1 Å². The smallest absolute Gasteiger partial charge is 0.105 e. The van der Waals surface area contributed by atoms with E-state index in [1.165, 1.54) is 17.5 Å². The molecule has 2 aromatic rings. The van der Waals surface area contributed by atoms with E-state index in [4.69, 9.17) is 4.42 Å². The lowest BCUT2D eigenvalue weighted by molar-refractivity contribution is 0.489. The predicted molar refractivity (Wildman–Crippen MR) is 78.2 cm³/mol. The molecule has 3 nitrogen and oxygen atoms in total. The van der Waals surface area contributed by atoms with Gasteiger partial charge in [-0.3, -0.25) is 0 Å². The summed E-state index contributed by atoms with van der Waals surface area (Å²) in [5, 5.41) is 3.55. The third-order valence-electron chi connectivity index (χ3n) is 3.45. The first kappa shape index (κ1) is 13.9. The number of aryl methyl sites for hydroxylation is 3. The third kappa shape index (κ3) is 3.51. The molecule has 19 heavy (non-hydrogen) atoms. The van der Waals surface area contributed by atoms with Gasteiger partial charge >= 0.3 is 0 Å². The van der Waals surface area contributed by atoms with E-state index >= 15 is 0 Å². The Morgan fingerprint density at radius 3 is 2.79 bits per heavy atom. The number of furan rings is 1. The van der Waals surface area contributed by atoms with Crippen LogP contribution in [-0.2, 0) is 13.1 Å². The minimum Gasteiger partial charge on any atom is -0.466 e. The number of hydrogen-bond donors (Lipinski definition) is 1. The summed E-state index contributed by atoms with van der Waals surface area (Å²) >= 11 is 0. The van der Waals surface area contributed by atoms with Crippen LogP contribution in [0.2, 0.25) is 0 Å². The van der Waals surface area contributed by atoms with E-state index in [1.807, 2.05) is 13.8 Å². The van der Waals surface area contributed by atoms with E-state index in [0.29, 0.717) is 6.04 Å². The zero-order valence-electron chi connectivity index (χ0n) is 12.4. The Bertz CT molecular complexity index is 525. The highest BCUT2D eigenvalue weighted by Gasteiger charge is 2.12. The fourth-order valence-electron chi connectivity index (χ4n) is 2.45. The molecule has 1 unspecified atom stereocenters. The van der Waals surface area contributed by atoms with Crippen LogP contribution in [0.25, 0.3) is 0 Å². The SMILES string of the molecule is CCCn1ccc(CNC(C)c2cc(C)oc2C)c1. The Morgan fingerprint density at radius 1 is 1.37 bits per heavy atom. The fourth-order valence-corrected chi connectivity index (χ4v) is 2.45. The molecule has 2 aromatic heterocycles. The van der Waals surface area contributed by atoms with Gasteiger partial charge in [0.1, 0.15) is 11.5 Å². The zero-order chi connectivity index (χ0) is 13.8. The van der Waals surface area contributed by atoms with Crippen molar-refractivity contribution in [2.45, 2.75) is 53.2 Å². The monoisotopic (exact) mass is 260 g/mol. The molecule has 2 heterocycles. The molecule has 0 bridgehead atoms. The number of aromatic nitrogens is 1. The fraction of sp³-hybridized carbons (Fsp3) is 0.500. The molecule has 2 rings (SSSR count). The van der Waals surface area contributed by atoms with Gasteiger partial charge in [-0.15, -0.1) is 0 Å². The van der Waals surface area contributed by atoms with Gasteiger partial charge in [-0.2, -0.15) is 0 Å². The topological polar surface area (TPSA) is 30.1 Å². The first-order valence-corrected chi connectivity index (χ1v) is 7.05. The van der Waals surface area contributed by atoms with Crippen molar-refractivity contribution < 1.29 is 4.42 Å². The number of nitrogens with zero attached hydrogens (tertiary/aromatic N) is 1. The molecule has 3 heteroatoms. The first-order valence-electron chi connectivity index (χ1n) is 7.05. The maximum atomic E-state index is 5.58. The van der Waals surface area contributed by atoms with Gasteiger partial charge in [0.25, 0.3) is 0 Å². The molecule has 0 saturated heterocycles. The number of rotatable bonds is 6. The molecule has 0 aliphatic rings. The van der Waals surface area contributed by atoms with Crippen molar-refractivity contribution in [1.82, 2.24) is 9.88 Å². The highest BCUT2D eigenvalue weighted by atomic mass is 16.3. The summed E-state index contributed by atoms with van der Waals surface area (Å²) in [4.78, 5) is 0. The first-order chi connectivity index (χ1) is 9.10. The third-order valence-corrected chi connectivity index (χ3v) is 3.45. The molecular weight excluding hydrogens is 236 g/mol. The van der Waals surface area contributed by atoms with Crippen LogP contribution in [0.4, 0.5) is 0 Å². The average molecular weight is 260 g/mol. The summed E-state index contributed by atoms with van der Waals surface area (Å²) in [6, 6.07) is 4.62. The van der Waals surface area contributed by atoms with Crippen molar-refractivity contribution in [1.29, 1.82) is 0 Å². The van der Waals surface area contributed by atoms with E-state index in [9.17, 15) is 0 Å². The Hall–Kier alpha value is -1.48. The van der Waals surface area contributed by atoms with Crippen LogP contribution >= 0.6 is 0 Å². The Labute approximate surface area is 115 Å². The summed E-state index contributed by atoms with van der Waals surface area (Å²) in [5.74, 6) is 2.00. The van der Waals surface area contributed by atoms with Crippen molar-refractivity contribution in [3.63, 3.8) is 0 Å². The van der Waals surface area contributed by atoms with E-state index < -0.39 is 0 Å². The van der Waals surface area contributed by atoms with Gasteiger partial charge in [0.15, 0.2) is 0 Å². The van der Waals surface area contributed by atoms with Crippen LogP contribution < -0.4 is 5.32 Å². The lowest BCUT2D eigenvalue weighted by atomic mass is 10.1. The largest absolute Gasteiger partial charge is 0.466 e. The van der Waals surface area contributed by atoms with Crippen LogP contribution in [0.1, 0.15) is 49.0 Å². The Kier molecular flexibility index (Phi) is 4.48. The summed E-state index contributed by atoms with van der Waals surface area (Å²) in [7, 11) is 0. The van der Waals surface area contributed by atoms with Gasteiger partial charge < -0.3 is 14.3 Å². The van der Waals surface area contributed by atoms with E-state index in [1.54, 1.807) is 0 Å². The summed E-state index contributed by atoms with van der Waals surface area (Å²) in [5.41, 5.74) is 2.59. The molecule has 0 fully saturated rings. The number of hydrogen-bond acceptors (Lipinski definition) is 2. The molecule has 0 aromatic carbocycles. The molecule has 0 spiro atoms. The summed E-state index contributed by atoms with van der Waals surface area (Å²) in [6.07, 6.45) is 5.54. The van der Waals surface area contributed by atoms with Crippen molar-refractivity contribution in [3.05, 3.63) is 47.2 Å². The zero-order valence-corrected chi connectivity index (χ0v) is 12.4. The van der Waals surface area contributed by atoms with Gasteiger partial charge in [-0.1, -0.05) is 6.92 Å². The van der Waals surface area contributed by atoms with Crippen LogP contribution in [0.3, 0.4) is 0 Å². The van der Waals surface area contributed by atoms with E-state index in [2.05, 4.69) is 48.3 Å². The van der Waals surface area contributed by atoms with Gasteiger partial charge in [-0.05, 0) is 44.9 Å². The maximum Gasteiger partial charge on any atom is 0.105 e. The summed E-state index contributed by atoms with van der Waals surface area (Å²) in [6.45, 7) is 10.4. The normalized spacial score (nSPS) is 12.8. The summed E-state index contributed by atoms with van der Waals surface area (Å²) < 4.78 is 7.82. The van der Waals surface area contributed by atoms with Crippen LogP contribution in [-0.4, -0.2) is 4.57 Å². The van der Waals surface area contributed by atoms with Crippen molar-refractivity contribution in [2.24, 2.45) is 0 Å². The van der Waals surface area contributed by atoms with Gasteiger partial charge in [0.2, 0.25) is 0 Å². The standard InChI is InChI=1S/C16H24N2O/c1-5-7-18-8-6-15(11-18)10-17-13(3)16-9-12(2)19-14(16)4/h6,8-9,11,13,17H,5,7,10H2,1-4H3. The highest BCUT2D eigenvalue weighted by molar-refractivity contribution is 5.23. The lowest BCUT2D eigenvalue weighted by Gasteiger charge is -2.12. The molecule has 0 saturated carbocycles. The molecular formula is C16H24N2O. The van der Waals surface area contributed by atoms with Gasteiger partial charge in [0.05, 0.1) is 0 Å². The van der Waals surface area contributed by atoms with Crippen molar-refractivity contribution in [2.75, 3.05) is 0 Å². The van der Waals surface area contributed by atoms with Gasteiger partial charge in [-0.25, -0.2) is 0 Å². The second-order valence-electron chi connectivity index (χ2n) is 5.23. The second kappa shape index (κ2) is 6.11. The molecule has 1 atom stereocenters. The molecule has 0 aliphatic heterocycles. The molecule has 0 amide bonds.